The molecule has 0 aliphatic rings. The molecule has 0 saturated heterocycles. The molecule has 4 aromatic rings. The highest BCUT2D eigenvalue weighted by molar-refractivity contribution is 7.97. The predicted molar refractivity (Wildman–Crippen MR) is 132 cm³/mol. The van der Waals surface area contributed by atoms with Crippen molar-refractivity contribution in [3.05, 3.63) is 72.2 Å². The number of aromatic nitrogens is 3. The first-order chi connectivity index (χ1) is 15.2. The van der Waals surface area contributed by atoms with Gasteiger partial charge in [-0.2, -0.15) is 0 Å². The third-order valence-electron chi connectivity index (χ3n) is 4.72. The molecular weight excluding hydrogens is 444 g/mol. The number of hydrogen-bond donors (Lipinski definition) is 0. The summed E-state index contributed by atoms with van der Waals surface area (Å²) in [5.74, 6) is 3.43. The maximum atomic E-state index is 5.83. The first-order valence-corrected chi connectivity index (χ1v) is 11.5. The maximum absolute atomic E-state index is 5.83. The van der Waals surface area contributed by atoms with Gasteiger partial charge in [0, 0.05) is 23.2 Å². The van der Waals surface area contributed by atoms with E-state index in [1.807, 2.05) is 42.5 Å². The minimum absolute atomic E-state index is 0. The van der Waals surface area contributed by atoms with Gasteiger partial charge in [0.15, 0.2) is 0 Å². The van der Waals surface area contributed by atoms with Gasteiger partial charge in [-0.1, -0.05) is 24.3 Å². The van der Waals surface area contributed by atoms with Crippen molar-refractivity contribution in [3.63, 3.8) is 0 Å². The lowest BCUT2D eigenvalue weighted by molar-refractivity contribution is 0.281. The summed E-state index contributed by atoms with van der Waals surface area (Å²) < 4.78 is 11.6. The Kier molecular flexibility index (Phi) is 8.90. The molecule has 2 aromatic carbocycles. The van der Waals surface area contributed by atoms with Gasteiger partial charge in [0.05, 0.1) is 23.6 Å². The average molecular weight is 471 g/mol. The molecule has 0 aliphatic heterocycles. The Hall–Kier alpha value is -2.61. The molecule has 2 heterocycles. The SMILES string of the molecule is CN(C)CCCOc1ccc(-c2nnc(CSCc3ccc4ccccc4n3)o2)cc1.Cl. The van der Waals surface area contributed by atoms with Crippen molar-refractivity contribution in [2.75, 3.05) is 27.2 Å². The molecule has 0 unspecified atom stereocenters. The lowest BCUT2D eigenvalue weighted by atomic mass is 10.2. The van der Waals surface area contributed by atoms with Crippen LogP contribution in [0.5, 0.6) is 5.75 Å². The highest BCUT2D eigenvalue weighted by Gasteiger charge is 2.09. The van der Waals surface area contributed by atoms with Crippen LogP contribution < -0.4 is 4.74 Å². The van der Waals surface area contributed by atoms with Crippen LogP contribution in [0.2, 0.25) is 0 Å². The van der Waals surface area contributed by atoms with Crippen LogP contribution in [0.15, 0.2) is 65.1 Å². The molecule has 0 N–H and O–H groups in total. The zero-order valence-electron chi connectivity index (χ0n) is 18.2. The van der Waals surface area contributed by atoms with Crippen LogP contribution >= 0.6 is 24.2 Å². The fourth-order valence-electron chi connectivity index (χ4n) is 3.12. The fraction of sp³-hybridized carbons (Fsp3) is 0.292. The van der Waals surface area contributed by atoms with Gasteiger partial charge >= 0.3 is 0 Å². The second-order valence-corrected chi connectivity index (χ2v) is 8.50. The van der Waals surface area contributed by atoms with Gasteiger partial charge in [0.1, 0.15) is 5.75 Å². The highest BCUT2D eigenvalue weighted by atomic mass is 35.5. The second-order valence-electron chi connectivity index (χ2n) is 7.52. The van der Waals surface area contributed by atoms with Gasteiger partial charge in [0.25, 0.3) is 0 Å². The molecule has 0 fully saturated rings. The predicted octanol–water partition coefficient (Wildman–Crippen LogP) is 5.47. The number of para-hydroxylation sites is 1. The van der Waals surface area contributed by atoms with E-state index < -0.39 is 0 Å². The summed E-state index contributed by atoms with van der Waals surface area (Å²) in [6, 6.07) is 20.1. The lowest BCUT2D eigenvalue weighted by Gasteiger charge is -2.10. The Labute approximate surface area is 198 Å². The summed E-state index contributed by atoms with van der Waals surface area (Å²) in [6.07, 6.45) is 0.994. The number of ether oxygens (including phenoxy) is 1. The standard InChI is InChI=1S/C24H26N4O2S.ClH/c1-28(2)14-5-15-29-21-12-9-19(10-13-21)24-27-26-23(30-24)17-31-16-20-11-8-18-6-3-4-7-22(18)25-20;/h3-4,6-13H,5,14-17H2,1-2H3;1H. The molecule has 168 valence electrons. The molecule has 0 spiro atoms. The van der Waals surface area contributed by atoms with Gasteiger partial charge in [-0.25, -0.2) is 0 Å². The third kappa shape index (κ3) is 6.69. The molecule has 2 aromatic heterocycles. The average Bonchev–Trinajstić information content (AvgIpc) is 3.26. The molecule has 0 radical (unpaired) electrons. The van der Waals surface area contributed by atoms with Crippen LogP contribution in [-0.2, 0) is 11.5 Å². The maximum Gasteiger partial charge on any atom is 0.247 e. The normalized spacial score (nSPS) is 11.0. The van der Waals surface area contributed by atoms with E-state index in [1.54, 1.807) is 11.8 Å². The van der Waals surface area contributed by atoms with Crippen molar-refractivity contribution in [2.45, 2.75) is 17.9 Å². The number of rotatable bonds is 10. The monoisotopic (exact) mass is 470 g/mol. The largest absolute Gasteiger partial charge is 0.494 e. The second kappa shape index (κ2) is 11.9. The van der Waals surface area contributed by atoms with Crippen LogP contribution in [0.4, 0.5) is 0 Å². The summed E-state index contributed by atoms with van der Waals surface area (Å²) in [5.41, 5.74) is 2.95. The Morgan fingerprint density at radius 1 is 0.938 bits per heavy atom. The van der Waals surface area contributed by atoms with Crippen molar-refractivity contribution < 1.29 is 9.15 Å². The molecule has 32 heavy (non-hydrogen) atoms. The fourth-order valence-corrected chi connectivity index (χ4v) is 3.89. The summed E-state index contributed by atoms with van der Waals surface area (Å²) in [7, 11) is 4.12. The first-order valence-electron chi connectivity index (χ1n) is 10.3. The van der Waals surface area contributed by atoms with Crippen LogP contribution in [0.25, 0.3) is 22.4 Å². The van der Waals surface area contributed by atoms with Crippen molar-refractivity contribution >= 4 is 35.1 Å². The molecule has 0 atom stereocenters. The molecule has 4 rings (SSSR count). The number of fused-ring (bicyclic) bond motifs is 1. The lowest BCUT2D eigenvalue weighted by Crippen LogP contribution is -2.15. The summed E-state index contributed by atoms with van der Waals surface area (Å²) >= 11 is 1.71. The molecule has 6 nitrogen and oxygen atoms in total. The van der Waals surface area contributed by atoms with Crippen molar-refractivity contribution in [3.8, 4) is 17.2 Å². The quantitative estimate of drug-likeness (QED) is 0.285. The zero-order valence-corrected chi connectivity index (χ0v) is 19.9. The number of nitrogens with zero attached hydrogens (tertiary/aromatic N) is 4. The van der Waals surface area contributed by atoms with E-state index in [0.29, 0.717) is 24.1 Å². The zero-order chi connectivity index (χ0) is 21.5. The van der Waals surface area contributed by atoms with E-state index in [2.05, 4.69) is 47.4 Å². The summed E-state index contributed by atoms with van der Waals surface area (Å²) in [6.45, 7) is 1.71. The molecular formula is C24H27ClN4O2S. The number of halogens is 1. The van der Waals surface area contributed by atoms with Crippen LogP contribution in [-0.4, -0.2) is 47.3 Å². The van der Waals surface area contributed by atoms with Gasteiger partial charge in [-0.3, -0.25) is 4.98 Å². The third-order valence-corrected chi connectivity index (χ3v) is 5.67. The molecule has 0 saturated carbocycles. The summed E-state index contributed by atoms with van der Waals surface area (Å²) in [5, 5.41) is 9.52. The van der Waals surface area contributed by atoms with Crippen LogP contribution in [0.3, 0.4) is 0 Å². The Balaban J connectivity index is 0.00000289. The van der Waals surface area contributed by atoms with Gasteiger partial charge in [0.2, 0.25) is 11.8 Å². The van der Waals surface area contributed by atoms with E-state index in [4.69, 9.17) is 14.1 Å². The van der Waals surface area contributed by atoms with Gasteiger partial charge < -0.3 is 14.1 Å². The van der Waals surface area contributed by atoms with Crippen molar-refractivity contribution in [1.82, 2.24) is 20.1 Å². The topological polar surface area (TPSA) is 64.3 Å². The van der Waals surface area contributed by atoms with E-state index >= 15 is 0 Å². The number of pyridine rings is 1. The number of benzene rings is 2. The van der Waals surface area contributed by atoms with E-state index in [1.165, 1.54) is 0 Å². The van der Waals surface area contributed by atoms with E-state index in [9.17, 15) is 0 Å². The van der Waals surface area contributed by atoms with Crippen LogP contribution in [0.1, 0.15) is 18.0 Å². The molecule has 8 heteroatoms. The van der Waals surface area contributed by atoms with Gasteiger partial charge in [-0.05, 0) is 56.9 Å². The van der Waals surface area contributed by atoms with Crippen LogP contribution in [0, 0.1) is 0 Å². The van der Waals surface area contributed by atoms with Gasteiger partial charge in [-0.15, -0.1) is 34.4 Å². The van der Waals surface area contributed by atoms with E-state index in [-0.39, 0.29) is 12.4 Å². The Bertz CT molecular complexity index is 1120. The Morgan fingerprint density at radius 3 is 2.56 bits per heavy atom. The first kappa shape index (κ1) is 24.0. The Morgan fingerprint density at radius 2 is 1.75 bits per heavy atom. The smallest absolute Gasteiger partial charge is 0.247 e. The molecule has 0 aliphatic carbocycles. The number of thioether (sulfide) groups is 1. The highest BCUT2D eigenvalue weighted by Crippen LogP contribution is 2.24. The van der Waals surface area contributed by atoms with Crippen molar-refractivity contribution in [2.24, 2.45) is 0 Å². The molecule has 0 amide bonds. The molecule has 0 bridgehead atoms. The summed E-state index contributed by atoms with van der Waals surface area (Å²) in [4.78, 5) is 6.85. The van der Waals surface area contributed by atoms with Crippen molar-refractivity contribution in [1.29, 1.82) is 0 Å². The van der Waals surface area contributed by atoms with E-state index in [0.717, 1.165) is 46.6 Å². The minimum Gasteiger partial charge on any atom is -0.494 e. The number of hydrogen-bond acceptors (Lipinski definition) is 7. The minimum atomic E-state index is 0.